The summed E-state index contributed by atoms with van der Waals surface area (Å²) < 4.78 is 10.7. The maximum Gasteiger partial charge on any atom is 0.187 e. The monoisotopic (exact) mass is 309 g/mol. The standard InChI is InChI=1S/C12H23NO8/c1-4-7(16)9(18)10(19)12(20-4)21-11-6(15)2-13-5(3-14)8(11)17/h4-19H,2-3H2,1H3/t4-,5-,6-,7-,8-,9+,10-,11-,12-/m1/s1. The number of hydrogen-bond donors (Lipinski definition) is 7. The summed E-state index contributed by atoms with van der Waals surface area (Å²) in [5, 5.41) is 61.0. The van der Waals surface area contributed by atoms with Crippen LogP contribution in [-0.4, -0.2) is 98.9 Å². The van der Waals surface area contributed by atoms with Gasteiger partial charge < -0.3 is 45.4 Å². The summed E-state index contributed by atoms with van der Waals surface area (Å²) in [6.07, 6.45) is -9.69. The molecule has 0 aromatic rings. The molecule has 2 aliphatic heterocycles. The van der Waals surface area contributed by atoms with Crippen LogP contribution in [0.5, 0.6) is 0 Å². The molecular formula is C12H23NO8. The quantitative estimate of drug-likeness (QED) is 0.276. The smallest absolute Gasteiger partial charge is 0.187 e. The van der Waals surface area contributed by atoms with Crippen molar-refractivity contribution < 1.29 is 40.1 Å². The first-order chi connectivity index (χ1) is 9.86. The zero-order chi connectivity index (χ0) is 15.7. The van der Waals surface area contributed by atoms with E-state index >= 15 is 0 Å². The summed E-state index contributed by atoms with van der Waals surface area (Å²) in [7, 11) is 0. The molecule has 9 atom stereocenters. The largest absolute Gasteiger partial charge is 0.395 e. The lowest BCUT2D eigenvalue weighted by Crippen LogP contribution is -2.65. The van der Waals surface area contributed by atoms with Crippen LogP contribution in [-0.2, 0) is 9.47 Å². The Morgan fingerprint density at radius 2 is 1.71 bits per heavy atom. The molecule has 2 fully saturated rings. The summed E-state index contributed by atoms with van der Waals surface area (Å²) in [6.45, 7) is 1.25. The van der Waals surface area contributed by atoms with Crippen LogP contribution in [0.3, 0.4) is 0 Å². The highest BCUT2D eigenvalue weighted by atomic mass is 16.7. The van der Waals surface area contributed by atoms with E-state index in [1.807, 2.05) is 0 Å². The van der Waals surface area contributed by atoms with Crippen molar-refractivity contribution >= 4 is 0 Å². The Balaban J connectivity index is 2.05. The molecule has 0 radical (unpaired) electrons. The lowest BCUT2D eigenvalue weighted by molar-refractivity contribution is -0.320. The van der Waals surface area contributed by atoms with E-state index in [0.29, 0.717) is 0 Å². The van der Waals surface area contributed by atoms with Gasteiger partial charge in [-0.05, 0) is 6.92 Å². The first kappa shape index (κ1) is 17.0. The van der Waals surface area contributed by atoms with Crippen LogP contribution in [0.2, 0.25) is 0 Å². The van der Waals surface area contributed by atoms with Gasteiger partial charge in [0.1, 0.15) is 30.5 Å². The zero-order valence-corrected chi connectivity index (χ0v) is 11.6. The van der Waals surface area contributed by atoms with Gasteiger partial charge in [0.2, 0.25) is 0 Å². The lowest BCUT2D eigenvalue weighted by atomic mass is 9.95. The maximum absolute atomic E-state index is 10.0. The normalized spacial score (nSPS) is 51.9. The molecule has 21 heavy (non-hydrogen) atoms. The minimum Gasteiger partial charge on any atom is -0.395 e. The van der Waals surface area contributed by atoms with Gasteiger partial charge in [-0.1, -0.05) is 0 Å². The van der Waals surface area contributed by atoms with E-state index < -0.39 is 55.1 Å². The summed E-state index contributed by atoms with van der Waals surface area (Å²) in [6, 6.07) is -0.674. The molecule has 2 heterocycles. The van der Waals surface area contributed by atoms with E-state index in [0.717, 1.165) is 0 Å². The molecule has 2 rings (SSSR count). The third-order valence-electron chi connectivity index (χ3n) is 4.01. The SMILES string of the molecule is C[C@H]1O[C@H](O[C@H]2[C@H](O)[C@@H](CO)NC[C@H]2O)[C@H](O)[C@@H](O)[C@@H]1O. The van der Waals surface area contributed by atoms with Gasteiger partial charge in [0, 0.05) is 6.54 Å². The minimum absolute atomic E-state index is 0.0938. The average Bonchev–Trinajstić information content (AvgIpc) is 2.46. The van der Waals surface area contributed by atoms with Gasteiger partial charge in [-0.2, -0.15) is 0 Å². The zero-order valence-electron chi connectivity index (χ0n) is 11.6. The van der Waals surface area contributed by atoms with Crippen LogP contribution in [0.25, 0.3) is 0 Å². The minimum atomic E-state index is -1.52. The molecule has 0 spiro atoms. The molecule has 7 N–H and O–H groups in total. The van der Waals surface area contributed by atoms with E-state index in [1.165, 1.54) is 6.92 Å². The second kappa shape index (κ2) is 6.82. The molecular weight excluding hydrogens is 286 g/mol. The Hall–Kier alpha value is -0.360. The van der Waals surface area contributed by atoms with Crippen LogP contribution >= 0.6 is 0 Å². The van der Waals surface area contributed by atoms with Crippen molar-refractivity contribution in [3.05, 3.63) is 0 Å². The van der Waals surface area contributed by atoms with Crippen LogP contribution < -0.4 is 5.32 Å². The van der Waals surface area contributed by atoms with Gasteiger partial charge in [-0.25, -0.2) is 0 Å². The van der Waals surface area contributed by atoms with Gasteiger partial charge >= 0.3 is 0 Å². The second-order valence-electron chi connectivity index (χ2n) is 5.54. The highest BCUT2D eigenvalue weighted by Crippen LogP contribution is 2.25. The molecule has 124 valence electrons. The predicted molar refractivity (Wildman–Crippen MR) is 68.1 cm³/mol. The predicted octanol–water partition coefficient (Wildman–Crippen LogP) is -4.11. The van der Waals surface area contributed by atoms with Crippen LogP contribution in [0.1, 0.15) is 6.92 Å². The van der Waals surface area contributed by atoms with Crippen molar-refractivity contribution in [2.45, 2.75) is 62.0 Å². The van der Waals surface area contributed by atoms with Gasteiger partial charge in [-0.15, -0.1) is 0 Å². The van der Waals surface area contributed by atoms with Crippen molar-refractivity contribution in [1.29, 1.82) is 0 Å². The van der Waals surface area contributed by atoms with Crippen molar-refractivity contribution in [2.24, 2.45) is 0 Å². The number of β-amino-alcohol motifs (C(OH)–C–C–N with tert-alkyl or cyclic N) is 1. The fraction of sp³-hybridized carbons (Fsp3) is 1.00. The third kappa shape index (κ3) is 3.36. The average molecular weight is 309 g/mol. The number of aliphatic hydroxyl groups excluding tert-OH is 6. The molecule has 9 nitrogen and oxygen atoms in total. The van der Waals surface area contributed by atoms with E-state index in [9.17, 15) is 25.5 Å². The van der Waals surface area contributed by atoms with Crippen LogP contribution in [0.4, 0.5) is 0 Å². The highest BCUT2D eigenvalue weighted by Gasteiger charge is 2.46. The number of rotatable bonds is 3. The Labute approximate surface area is 121 Å². The second-order valence-corrected chi connectivity index (χ2v) is 5.54. The van der Waals surface area contributed by atoms with E-state index in [4.69, 9.17) is 14.6 Å². The Morgan fingerprint density at radius 1 is 1.05 bits per heavy atom. The molecule has 9 heteroatoms. The molecule has 0 saturated carbocycles. The molecule has 0 aromatic carbocycles. The van der Waals surface area contributed by atoms with Crippen molar-refractivity contribution in [3.63, 3.8) is 0 Å². The Morgan fingerprint density at radius 3 is 2.33 bits per heavy atom. The molecule has 0 aliphatic carbocycles. The summed E-state index contributed by atoms with van der Waals surface area (Å²) in [5.41, 5.74) is 0. The highest BCUT2D eigenvalue weighted by molar-refractivity contribution is 4.95. The molecule has 0 bridgehead atoms. The summed E-state index contributed by atoms with van der Waals surface area (Å²) in [4.78, 5) is 0. The fourth-order valence-corrected chi connectivity index (χ4v) is 2.59. The van der Waals surface area contributed by atoms with E-state index in [2.05, 4.69) is 5.32 Å². The van der Waals surface area contributed by atoms with Crippen molar-refractivity contribution in [1.82, 2.24) is 5.32 Å². The molecule has 2 aliphatic rings. The van der Waals surface area contributed by atoms with Gasteiger partial charge in [0.25, 0.3) is 0 Å². The fourth-order valence-electron chi connectivity index (χ4n) is 2.59. The first-order valence-corrected chi connectivity index (χ1v) is 6.92. The first-order valence-electron chi connectivity index (χ1n) is 6.92. The van der Waals surface area contributed by atoms with Gasteiger partial charge in [0.15, 0.2) is 6.29 Å². The summed E-state index contributed by atoms with van der Waals surface area (Å²) >= 11 is 0. The van der Waals surface area contributed by atoms with Crippen LogP contribution in [0.15, 0.2) is 0 Å². The molecule has 0 unspecified atom stereocenters. The lowest BCUT2D eigenvalue weighted by Gasteiger charge is -2.44. The number of ether oxygens (including phenoxy) is 2. The summed E-state index contributed by atoms with van der Waals surface area (Å²) in [5.74, 6) is 0. The van der Waals surface area contributed by atoms with Crippen molar-refractivity contribution in [2.75, 3.05) is 13.2 Å². The third-order valence-corrected chi connectivity index (χ3v) is 4.01. The number of hydrogen-bond acceptors (Lipinski definition) is 9. The Kier molecular flexibility index (Phi) is 5.52. The van der Waals surface area contributed by atoms with Crippen molar-refractivity contribution in [3.8, 4) is 0 Å². The number of piperidine rings is 1. The molecule has 0 amide bonds. The van der Waals surface area contributed by atoms with Gasteiger partial charge in [-0.3, -0.25) is 0 Å². The van der Waals surface area contributed by atoms with E-state index in [-0.39, 0.29) is 13.2 Å². The number of nitrogens with one attached hydrogen (secondary N) is 1. The topological polar surface area (TPSA) is 152 Å². The van der Waals surface area contributed by atoms with Crippen LogP contribution in [0, 0.1) is 0 Å². The van der Waals surface area contributed by atoms with Gasteiger partial charge in [0.05, 0.1) is 24.9 Å². The van der Waals surface area contributed by atoms with E-state index in [1.54, 1.807) is 0 Å². The number of aliphatic hydroxyl groups is 6. The molecule has 0 aromatic heterocycles. The Bertz CT molecular complexity index is 345. The molecule has 2 saturated heterocycles. The maximum atomic E-state index is 10.0.